The highest BCUT2D eigenvalue weighted by atomic mass is 19.1. The summed E-state index contributed by atoms with van der Waals surface area (Å²) in [5, 5.41) is 0. The van der Waals surface area contributed by atoms with Crippen LogP contribution in [-0.2, 0) is 0 Å². The molecule has 2 heteroatoms. The molecule has 0 bridgehead atoms. The van der Waals surface area contributed by atoms with E-state index >= 15 is 0 Å². The van der Waals surface area contributed by atoms with Gasteiger partial charge in [0.25, 0.3) is 0 Å². The van der Waals surface area contributed by atoms with E-state index in [-0.39, 0.29) is 11.9 Å². The normalized spacial score (nSPS) is 26.8. The number of halogens is 1. The molecule has 1 aliphatic rings. The average molecular weight is 235 g/mol. The number of hydrogen-bond donors (Lipinski definition) is 1. The van der Waals surface area contributed by atoms with Crippen LogP contribution < -0.4 is 5.73 Å². The van der Waals surface area contributed by atoms with Crippen LogP contribution in [0.5, 0.6) is 0 Å². The minimum absolute atomic E-state index is 0.0679. The van der Waals surface area contributed by atoms with Gasteiger partial charge in [0.2, 0.25) is 0 Å². The Balaban J connectivity index is 2.15. The zero-order valence-electron chi connectivity index (χ0n) is 10.7. The molecule has 0 heterocycles. The first-order valence-electron chi connectivity index (χ1n) is 6.59. The van der Waals surface area contributed by atoms with Crippen LogP contribution in [-0.4, -0.2) is 0 Å². The average Bonchev–Trinajstić information content (AvgIpc) is 2.28. The molecule has 94 valence electrons. The van der Waals surface area contributed by atoms with Crippen LogP contribution in [0, 0.1) is 24.6 Å². The summed E-state index contributed by atoms with van der Waals surface area (Å²) in [7, 11) is 0. The van der Waals surface area contributed by atoms with Gasteiger partial charge in [-0.05, 0) is 54.9 Å². The molecule has 0 saturated heterocycles. The minimum atomic E-state index is -0.171. The molecule has 17 heavy (non-hydrogen) atoms. The topological polar surface area (TPSA) is 26.0 Å². The van der Waals surface area contributed by atoms with Crippen molar-refractivity contribution >= 4 is 0 Å². The molecule has 0 spiro atoms. The highest BCUT2D eigenvalue weighted by molar-refractivity contribution is 5.29. The largest absolute Gasteiger partial charge is 0.324 e. The number of rotatable bonds is 2. The Kier molecular flexibility index (Phi) is 3.82. The van der Waals surface area contributed by atoms with Crippen LogP contribution >= 0.6 is 0 Å². The molecule has 2 N–H and O–H groups in total. The fourth-order valence-electron chi connectivity index (χ4n) is 3.07. The number of aryl methyl sites for hydroxylation is 1. The maximum absolute atomic E-state index is 13.1. The van der Waals surface area contributed by atoms with Gasteiger partial charge < -0.3 is 5.73 Å². The van der Waals surface area contributed by atoms with Gasteiger partial charge in [0, 0.05) is 6.04 Å². The Morgan fingerprint density at radius 2 is 2.12 bits per heavy atom. The Labute approximate surface area is 103 Å². The van der Waals surface area contributed by atoms with Crippen molar-refractivity contribution in [2.75, 3.05) is 0 Å². The van der Waals surface area contributed by atoms with E-state index in [4.69, 9.17) is 5.73 Å². The van der Waals surface area contributed by atoms with E-state index in [0.29, 0.717) is 5.92 Å². The number of nitrogens with two attached hydrogens (primary N) is 1. The summed E-state index contributed by atoms with van der Waals surface area (Å²) in [6.45, 7) is 4.25. The monoisotopic (exact) mass is 235 g/mol. The number of benzene rings is 1. The molecule has 1 aromatic carbocycles. The third kappa shape index (κ3) is 2.86. The van der Waals surface area contributed by atoms with E-state index in [1.807, 2.05) is 13.0 Å². The van der Waals surface area contributed by atoms with Crippen molar-refractivity contribution in [1.29, 1.82) is 0 Å². The highest BCUT2D eigenvalue weighted by Crippen LogP contribution is 2.36. The van der Waals surface area contributed by atoms with Crippen molar-refractivity contribution in [3.05, 3.63) is 35.1 Å². The van der Waals surface area contributed by atoms with Crippen molar-refractivity contribution < 1.29 is 4.39 Å². The molecular formula is C15H22FN. The van der Waals surface area contributed by atoms with Crippen molar-refractivity contribution in [2.24, 2.45) is 17.6 Å². The summed E-state index contributed by atoms with van der Waals surface area (Å²) >= 11 is 0. The molecule has 1 fully saturated rings. The fourth-order valence-corrected chi connectivity index (χ4v) is 3.07. The standard InChI is InChI=1S/C15H22FN/c1-10-4-3-5-12(8-10)15(17)14-7-6-13(16)9-11(14)2/h6-7,9-10,12,15H,3-5,8,17H2,1-2H3. The first-order chi connectivity index (χ1) is 8.08. The molecule has 3 unspecified atom stereocenters. The van der Waals surface area contributed by atoms with E-state index in [9.17, 15) is 4.39 Å². The lowest BCUT2D eigenvalue weighted by Gasteiger charge is -2.32. The lowest BCUT2D eigenvalue weighted by atomic mass is 9.76. The molecule has 1 nitrogen and oxygen atoms in total. The van der Waals surface area contributed by atoms with Gasteiger partial charge in [-0.25, -0.2) is 4.39 Å². The summed E-state index contributed by atoms with van der Waals surface area (Å²) in [5.41, 5.74) is 8.46. The van der Waals surface area contributed by atoms with E-state index < -0.39 is 0 Å². The van der Waals surface area contributed by atoms with Crippen LogP contribution in [0.15, 0.2) is 18.2 Å². The second-order valence-corrected chi connectivity index (χ2v) is 5.56. The molecule has 2 rings (SSSR count). The molecule has 0 radical (unpaired) electrons. The SMILES string of the molecule is Cc1cc(F)ccc1C(N)C1CCCC(C)C1. The second-order valence-electron chi connectivity index (χ2n) is 5.56. The van der Waals surface area contributed by atoms with Gasteiger partial charge in [0.1, 0.15) is 5.82 Å². The third-order valence-corrected chi connectivity index (χ3v) is 4.08. The molecule has 0 amide bonds. The smallest absolute Gasteiger partial charge is 0.123 e. The Bertz CT molecular complexity index is 389. The summed E-state index contributed by atoms with van der Waals surface area (Å²) in [6, 6.07) is 5.03. The summed E-state index contributed by atoms with van der Waals surface area (Å²) in [5.74, 6) is 1.17. The Hall–Kier alpha value is -0.890. The fraction of sp³-hybridized carbons (Fsp3) is 0.600. The van der Waals surface area contributed by atoms with Crippen LogP contribution in [0.2, 0.25) is 0 Å². The minimum Gasteiger partial charge on any atom is -0.324 e. The second kappa shape index (κ2) is 5.18. The van der Waals surface area contributed by atoms with Gasteiger partial charge in [-0.1, -0.05) is 25.8 Å². The molecule has 0 aromatic heterocycles. The van der Waals surface area contributed by atoms with Crippen LogP contribution in [0.3, 0.4) is 0 Å². The van der Waals surface area contributed by atoms with Gasteiger partial charge >= 0.3 is 0 Å². The van der Waals surface area contributed by atoms with Crippen molar-refractivity contribution in [3.8, 4) is 0 Å². The first-order valence-corrected chi connectivity index (χ1v) is 6.59. The zero-order valence-corrected chi connectivity index (χ0v) is 10.7. The van der Waals surface area contributed by atoms with Crippen LogP contribution in [0.25, 0.3) is 0 Å². The molecular weight excluding hydrogens is 213 g/mol. The maximum atomic E-state index is 13.1. The van der Waals surface area contributed by atoms with Gasteiger partial charge in [-0.2, -0.15) is 0 Å². The quantitative estimate of drug-likeness (QED) is 0.825. The van der Waals surface area contributed by atoms with Crippen molar-refractivity contribution in [1.82, 2.24) is 0 Å². The highest BCUT2D eigenvalue weighted by Gasteiger charge is 2.26. The van der Waals surface area contributed by atoms with Crippen molar-refractivity contribution in [2.45, 2.75) is 45.6 Å². The predicted octanol–water partition coefficient (Wildman–Crippen LogP) is 3.96. The molecule has 1 saturated carbocycles. The van der Waals surface area contributed by atoms with Gasteiger partial charge in [-0.15, -0.1) is 0 Å². The van der Waals surface area contributed by atoms with Crippen molar-refractivity contribution in [3.63, 3.8) is 0 Å². The summed E-state index contributed by atoms with van der Waals surface area (Å²) < 4.78 is 13.1. The zero-order chi connectivity index (χ0) is 12.4. The summed E-state index contributed by atoms with van der Waals surface area (Å²) in [6.07, 6.45) is 5.02. The molecule has 1 aliphatic carbocycles. The van der Waals surface area contributed by atoms with Gasteiger partial charge in [-0.3, -0.25) is 0 Å². The van der Waals surface area contributed by atoms with Gasteiger partial charge in [0.15, 0.2) is 0 Å². The lowest BCUT2D eigenvalue weighted by Crippen LogP contribution is -2.26. The third-order valence-electron chi connectivity index (χ3n) is 4.08. The van der Waals surface area contributed by atoms with E-state index in [1.165, 1.54) is 31.7 Å². The lowest BCUT2D eigenvalue weighted by molar-refractivity contribution is 0.247. The number of hydrogen-bond acceptors (Lipinski definition) is 1. The van der Waals surface area contributed by atoms with E-state index in [1.54, 1.807) is 6.07 Å². The molecule has 1 aromatic rings. The first kappa shape index (κ1) is 12.6. The maximum Gasteiger partial charge on any atom is 0.123 e. The Morgan fingerprint density at radius 1 is 1.35 bits per heavy atom. The van der Waals surface area contributed by atoms with Crippen LogP contribution in [0.4, 0.5) is 4.39 Å². The predicted molar refractivity (Wildman–Crippen MR) is 69.2 cm³/mol. The molecule has 0 aliphatic heterocycles. The van der Waals surface area contributed by atoms with E-state index in [2.05, 4.69) is 6.92 Å². The van der Waals surface area contributed by atoms with Gasteiger partial charge in [0.05, 0.1) is 0 Å². The van der Waals surface area contributed by atoms with E-state index in [0.717, 1.165) is 17.0 Å². The molecule has 3 atom stereocenters. The Morgan fingerprint density at radius 3 is 2.76 bits per heavy atom. The summed E-state index contributed by atoms with van der Waals surface area (Å²) in [4.78, 5) is 0. The van der Waals surface area contributed by atoms with Crippen LogP contribution in [0.1, 0.15) is 49.8 Å².